The van der Waals surface area contributed by atoms with Crippen LogP contribution in [-0.4, -0.2) is 57.7 Å². The van der Waals surface area contributed by atoms with Crippen molar-refractivity contribution in [1.29, 1.82) is 0 Å². The number of nitrogens with one attached hydrogen (secondary N) is 1. The highest BCUT2D eigenvalue weighted by Gasteiger charge is 2.23. The number of hydrogen-bond donors (Lipinski definition) is 1. The zero-order valence-corrected chi connectivity index (χ0v) is 15.5. The van der Waals surface area contributed by atoms with E-state index in [9.17, 15) is 9.59 Å². The molecule has 1 aromatic heterocycles. The van der Waals surface area contributed by atoms with E-state index in [1.54, 1.807) is 22.8 Å². The molecule has 1 aliphatic heterocycles. The summed E-state index contributed by atoms with van der Waals surface area (Å²) in [5.74, 6) is 1.04. The lowest BCUT2D eigenvalue weighted by molar-refractivity contribution is -0.131. The van der Waals surface area contributed by atoms with Gasteiger partial charge < -0.3 is 9.80 Å². The number of carbonyl (C=O) groups is 2. The Hall–Kier alpha value is -1.57. The summed E-state index contributed by atoms with van der Waals surface area (Å²) < 4.78 is 2.38. The Morgan fingerprint density at radius 3 is 2.52 bits per heavy atom. The number of halogens is 1. The van der Waals surface area contributed by atoms with Gasteiger partial charge in [0.05, 0.1) is 4.47 Å². The van der Waals surface area contributed by atoms with Gasteiger partial charge in [0.25, 0.3) is 0 Å². The molecule has 8 heteroatoms. The Balaban J connectivity index is 1.91. The second-order valence-corrected chi connectivity index (χ2v) is 7.10. The molecule has 128 valence electrons. The van der Waals surface area contributed by atoms with Gasteiger partial charge in [0.2, 0.25) is 5.91 Å². The number of urea groups is 1. The lowest BCUT2D eigenvalue weighted by Crippen LogP contribution is -2.39. The predicted octanol–water partition coefficient (Wildman–Crippen LogP) is 2.29. The quantitative estimate of drug-likeness (QED) is 0.867. The minimum Gasteiger partial charge on any atom is -0.341 e. The number of aromatic nitrogens is 2. The summed E-state index contributed by atoms with van der Waals surface area (Å²) in [7, 11) is 1.80. The van der Waals surface area contributed by atoms with Crippen LogP contribution in [0.5, 0.6) is 0 Å². The summed E-state index contributed by atoms with van der Waals surface area (Å²) in [5.41, 5.74) is 0. The van der Waals surface area contributed by atoms with E-state index in [0.29, 0.717) is 44.3 Å². The zero-order valence-electron chi connectivity index (χ0n) is 13.9. The number of anilines is 1. The summed E-state index contributed by atoms with van der Waals surface area (Å²) in [6.07, 6.45) is 3.14. The smallest absolute Gasteiger partial charge is 0.323 e. The Bertz CT molecular complexity index is 572. The van der Waals surface area contributed by atoms with Crippen molar-refractivity contribution in [2.24, 2.45) is 13.0 Å². The molecule has 0 bridgehead atoms. The summed E-state index contributed by atoms with van der Waals surface area (Å²) in [5, 5.41) is 7.00. The number of carbonyl (C=O) groups excluding carboxylic acids is 2. The second-order valence-electron chi connectivity index (χ2n) is 6.25. The van der Waals surface area contributed by atoms with E-state index in [-0.39, 0.29) is 11.9 Å². The highest BCUT2D eigenvalue weighted by atomic mass is 79.9. The maximum Gasteiger partial charge on any atom is 0.323 e. The van der Waals surface area contributed by atoms with E-state index in [4.69, 9.17) is 0 Å². The molecule has 1 aliphatic rings. The first kappa shape index (κ1) is 17.8. The molecule has 0 saturated carbocycles. The fraction of sp³-hybridized carbons (Fsp3) is 0.667. The van der Waals surface area contributed by atoms with Gasteiger partial charge in [-0.25, -0.2) is 4.79 Å². The molecule has 1 N–H and O–H groups in total. The van der Waals surface area contributed by atoms with Gasteiger partial charge >= 0.3 is 6.03 Å². The predicted molar refractivity (Wildman–Crippen MR) is 92.2 cm³/mol. The maximum absolute atomic E-state index is 12.4. The van der Waals surface area contributed by atoms with Crippen LogP contribution in [0.2, 0.25) is 0 Å². The second kappa shape index (κ2) is 7.81. The molecule has 1 fully saturated rings. The van der Waals surface area contributed by atoms with Crippen molar-refractivity contribution in [2.45, 2.75) is 26.7 Å². The first-order chi connectivity index (χ1) is 10.9. The van der Waals surface area contributed by atoms with E-state index < -0.39 is 0 Å². The van der Waals surface area contributed by atoms with Crippen LogP contribution in [0.1, 0.15) is 26.7 Å². The Labute approximate surface area is 145 Å². The van der Waals surface area contributed by atoms with E-state index in [2.05, 4.69) is 26.3 Å². The zero-order chi connectivity index (χ0) is 17.0. The van der Waals surface area contributed by atoms with Gasteiger partial charge in [-0.3, -0.25) is 14.8 Å². The van der Waals surface area contributed by atoms with Crippen LogP contribution in [0.25, 0.3) is 0 Å². The molecule has 1 aromatic rings. The fourth-order valence-electron chi connectivity index (χ4n) is 2.57. The number of amides is 3. The minimum atomic E-state index is -0.178. The molecule has 2 rings (SSSR count). The Morgan fingerprint density at radius 1 is 1.26 bits per heavy atom. The molecule has 2 heterocycles. The molecule has 0 radical (unpaired) electrons. The van der Waals surface area contributed by atoms with Crippen molar-refractivity contribution in [2.75, 3.05) is 31.5 Å². The molecular weight excluding hydrogens is 362 g/mol. The van der Waals surface area contributed by atoms with Gasteiger partial charge in [-0.15, -0.1) is 0 Å². The fourth-order valence-corrected chi connectivity index (χ4v) is 3.05. The number of aryl methyl sites for hydroxylation is 1. The Morgan fingerprint density at radius 2 is 1.91 bits per heavy atom. The molecule has 0 spiro atoms. The van der Waals surface area contributed by atoms with Gasteiger partial charge in [-0.2, -0.15) is 5.10 Å². The van der Waals surface area contributed by atoms with Crippen LogP contribution in [0, 0.1) is 5.92 Å². The summed E-state index contributed by atoms with van der Waals surface area (Å²) in [6.45, 7) is 6.56. The van der Waals surface area contributed by atoms with Crippen molar-refractivity contribution < 1.29 is 9.59 Å². The molecule has 0 unspecified atom stereocenters. The van der Waals surface area contributed by atoms with Gasteiger partial charge in [0, 0.05) is 45.8 Å². The average molecular weight is 386 g/mol. The van der Waals surface area contributed by atoms with Gasteiger partial charge in [0.15, 0.2) is 5.82 Å². The minimum absolute atomic E-state index is 0.176. The Kier molecular flexibility index (Phi) is 6.04. The third kappa shape index (κ3) is 4.95. The van der Waals surface area contributed by atoms with Crippen molar-refractivity contribution >= 4 is 33.7 Å². The lowest BCUT2D eigenvalue weighted by atomic mass is 10.1. The lowest BCUT2D eigenvalue weighted by Gasteiger charge is -2.22. The van der Waals surface area contributed by atoms with Gasteiger partial charge in [0.1, 0.15) is 0 Å². The molecular formula is C15H24BrN5O2. The number of rotatable bonds is 3. The van der Waals surface area contributed by atoms with Crippen molar-refractivity contribution in [3.05, 3.63) is 10.7 Å². The topological polar surface area (TPSA) is 70.5 Å². The van der Waals surface area contributed by atoms with Crippen LogP contribution < -0.4 is 5.32 Å². The largest absolute Gasteiger partial charge is 0.341 e. The molecule has 0 aromatic carbocycles. The standard InChI is InChI=1S/C15H24BrN5O2/c1-11(2)9-13(22)20-5-4-6-21(8-7-20)15(23)17-14-12(16)10-19(3)18-14/h10-11H,4-9H2,1-3H3,(H,17,18,23). The summed E-state index contributed by atoms with van der Waals surface area (Å²) >= 11 is 3.37. The van der Waals surface area contributed by atoms with Crippen molar-refractivity contribution in [1.82, 2.24) is 19.6 Å². The third-order valence-electron chi connectivity index (χ3n) is 3.73. The molecule has 1 saturated heterocycles. The van der Waals surface area contributed by atoms with Crippen LogP contribution >= 0.6 is 15.9 Å². The van der Waals surface area contributed by atoms with Crippen molar-refractivity contribution in [3.63, 3.8) is 0 Å². The number of hydrogen-bond acceptors (Lipinski definition) is 3. The summed E-state index contributed by atoms with van der Waals surface area (Å²) in [6, 6.07) is -0.178. The van der Waals surface area contributed by atoms with E-state index in [1.807, 2.05) is 18.7 Å². The third-order valence-corrected chi connectivity index (χ3v) is 4.31. The van der Waals surface area contributed by atoms with Crippen molar-refractivity contribution in [3.8, 4) is 0 Å². The van der Waals surface area contributed by atoms with Crippen LogP contribution in [-0.2, 0) is 11.8 Å². The molecule has 0 atom stereocenters. The monoisotopic (exact) mass is 385 g/mol. The summed E-state index contributed by atoms with van der Waals surface area (Å²) in [4.78, 5) is 28.1. The van der Waals surface area contributed by atoms with Crippen LogP contribution in [0.15, 0.2) is 10.7 Å². The van der Waals surface area contributed by atoms with E-state index >= 15 is 0 Å². The first-order valence-corrected chi connectivity index (χ1v) is 8.69. The number of nitrogens with zero attached hydrogens (tertiary/aromatic N) is 4. The van der Waals surface area contributed by atoms with Crippen LogP contribution in [0.4, 0.5) is 10.6 Å². The van der Waals surface area contributed by atoms with E-state index in [1.165, 1.54) is 0 Å². The highest BCUT2D eigenvalue weighted by Crippen LogP contribution is 2.20. The van der Waals surface area contributed by atoms with Gasteiger partial charge in [-0.1, -0.05) is 13.8 Å². The molecule has 7 nitrogen and oxygen atoms in total. The molecule has 3 amide bonds. The first-order valence-electron chi connectivity index (χ1n) is 7.89. The maximum atomic E-state index is 12.4. The molecule has 23 heavy (non-hydrogen) atoms. The highest BCUT2D eigenvalue weighted by molar-refractivity contribution is 9.10. The normalized spacial score (nSPS) is 15.7. The SMILES string of the molecule is CC(C)CC(=O)N1CCCN(C(=O)Nc2nn(C)cc2Br)CC1. The molecule has 0 aliphatic carbocycles. The van der Waals surface area contributed by atoms with E-state index in [0.717, 1.165) is 10.9 Å². The van der Waals surface area contributed by atoms with Gasteiger partial charge in [-0.05, 0) is 28.3 Å². The average Bonchev–Trinajstić information content (AvgIpc) is 2.67. The van der Waals surface area contributed by atoms with Crippen LogP contribution in [0.3, 0.4) is 0 Å².